The molecule has 0 bridgehead atoms. The molecule has 0 saturated heterocycles. The van der Waals surface area contributed by atoms with Crippen LogP contribution in [-0.4, -0.2) is 25.5 Å². The van der Waals surface area contributed by atoms with Crippen LogP contribution in [0.4, 0.5) is 0 Å². The van der Waals surface area contributed by atoms with Crippen molar-refractivity contribution in [1.82, 2.24) is 5.32 Å². The van der Waals surface area contributed by atoms with Crippen molar-refractivity contribution in [3.63, 3.8) is 0 Å². The van der Waals surface area contributed by atoms with Gasteiger partial charge in [-0.3, -0.25) is 0 Å². The SMILES string of the molecule is CCOCCNC1CSCc2ccccc21. The number of fused-ring (bicyclic) bond motifs is 1. The van der Waals surface area contributed by atoms with E-state index < -0.39 is 0 Å². The van der Waals surface area contributed by atoms with Gasteiger partial charge < -0.3 is 10.1 Å². The van der Waals surface area contributed by atoms with Crippen molar-refractivity contribution in [2.45, 2.75) is 18.7 Å². The molecule has 1 heterocycles. The van der Waals surface area contributed by atoms with Crippen molar-refractivity contribution in [3.05, 3.63) is 35.4 Å². The fraction of sp³-hybridized carbons (Fsp3) is 0.538. The summed E-state index contributed by atoms with van der Waals surface area (Å²) in [5.74, 6) is 2.32. The smallest absolute Gasteiger partial charge is 0.0590 e. The number of ether oxygens (including phenoxy) is 1. The quantitative estimate of drug-likeness (QED) is 0.795. The van der Waals surface area contributed by atoms with Crippen molar-refractivity contribution in [2.24, 2.45) is 0 Å². The van der Waals surface area contributed by atoms with E-state index in [-0.39, 0.29) is 0 Å². The third kappa shape index (κ3) is 3.00. The number of hydrogen-bond acceptors (Lipinski definition) is 3. The fourth-order valence-electron chi connectivity index (χ4n) is 2.00. The summed E-state index contributed by atoms with van der Waals surface area (Å²) in [5, 5.41) is 3.57. The van der Waals surface area contributed by atoms with Gasteiger partial charge in [-0.25, -0.2) is 0 Å². The van der Waals surface area contributed by atoms with Gasteiger partial charge in [-0.05, 0) is 18.1 Å². The zero-order valence-corrected chi connectivity index (χ0v) is 10.6. The summed E-state index contributed by atoms with van der Waals surface area (Å²) in [6.45, 7) is 4.58. The van der Waals surface area contributed by atoms with Crippen LogP contribution in [0, 0.1) is 0 Å². The largest absolute Gasteiger partial charge is 0.380 e. The molecule has 1 aliphatic heterocycles. The number of benzene rings is 1. The van der Waals surface area contributed by atoms with Gasteiger partial charge in [0.15, 0.2) is 0 Å². The Labute approximate surface area is 102 Å². The second-order valence-corrected chi connectivity index (χ2v) is 4.95. The van der Waals surface area contributed by atoms with Crippen LogP contribution in [0.15, 0.2) is 24.3 Å². The van der Waals surface area contributed by atoms with Crippen molar-refractivity contribution in [2.75, 3.05) is 25.5 Å². The number of rotatable bonds is 5. The summed E-state index contributed by atoms with van der Waals surface area (Å²) in [7, 11) is 0. The summed E-state index contributed by atoms with van der Waals surface area (Å²) in [4.78, 5) is 0. The van der Waals surface area contributed by atoms with Crippen LogP contribution in [0.3, 0.4) is 0 Å². The highest BCUT2D eigenvalue weighted by atomic mass is 32.2. The van der Waals surface area contributed by atoms with Crippen LogP contribution >= 0.6 is 11.8 Å². The van der Waals surface area contributed by atoms with Gasteiger partial charge in [-0.15, -0.1) is 0 Å². The predicted molar refractivity (Wildman–Crippen MR) is 69.8 cm³/mol. The van der Waals surface area contributed by atoms with E-state index >= 15 is 0 Å². The maximum Gasteiger partial charge on any atom is 0.0590 e. The average Bonchev–Trinajstić information content (AvgIpc) is 2.35. The van der Waals surface area contributed by atoms with Crippen LogP contribution in [0.2, 0.25) is 0 Å². The minimum Gasteiger partial charge on any atom is -0.380 e. The average molecular weight is 237 g/mol. The van der Waals surface area contributed by atoms with Crippen LogP contribution in [-0.2, 0) is 10.5 Å². The maximum absolute atomic E-state index is 5.34. The lowest BCUT2D eigenvalue weighted by Gasteiger charge is -2.26. The first kappa shape index (κ1) is 12.0. The van der Waals surface area contributed by atoms with Crippen molar-refractivity contribution >= 4 is 11.8 Å². The van der Waals surface area contributed by atoms with E-state index in [1.165, 1.54) is 16.9 Å². The third-order valence-electron chi connectivity index (χ3n) is 2.81. The molecule has 2 rings (SSSR count). The Morgan fingerprint density at radius 2 is 2.31 bits per heavy atom. The molecular weight excluding hydrogens is 218 g/mol. The summed E-state index contributed by atoms with van der Waals surface area (Å²) >= 11 is 2.01. The molecule has 0 radical (unpaired) electrons. The Hall–Kier alpha value is -0.510. The van der Waals surface area contributed by atoms with E-state index in [2.05, 4.69) is 29.6 Å². The molecule has 1 atom stereocenters. The summed E-state index contributed by atoms with van der Waals surface area (Å²) < 4.78 is 5.34. The molecule has 1 aliphatic rings. The lowest BCUT2D eigenvalue weighted by atomic mass is 10.0. The van der Waals surface area contributed by atoms with E-state index in [1.807, 2.05) is 18.7 Å². The second kappa shape index (κ2) is 6.28. The second-order valence-electron chi connectivity index (χ2n) is 3.92. The van der Waals surface area contributed by atoms with Crippen molar-refractivity contribution < 1.29 is 4.74 Å². The lowest BCUT2D eigenvalue weighted by molar-refractivity contribution is 0.147. The zero-order chi connectivity index (χ0) is 11.2. The summed E-state index contributed by atoms with van der Waals surface area (Å²) in [6, 6.07) is 9.23. The molecule has 1 aromatic carbocycles. The van der Waals surface area contributed by atoms with E-state index in [1.54, 1.807) is 0 Å². The molecule has 88 valence electrons. The first-order valence-corrected chi connectivity index (χ1v) is 7.04. The molecule has 16 heavy (non-hydrogen) atoms. The van der Waals surface area contributed by atoms with Crippen molar-refractivity contribution in [1.29, 1.82) is 0 Å². The van der Waals surface area contributed by atoms with Crippen LogP contribution in [0.5, 0.6) is 0 Å². The van der Waals surface area contributed by atoms with Gasteiger partial charge in [0.05, 0.1) is 6.61 Å². The highest BCUT2D eigenvalue weighted by Crippen LogP contribution is 2.31. The molecule has 1 unspecified atom stereocenters. The minimum atomic E-state index is 0.496. The van der Waals surface area contributed by atoms with Gasteiger partial charge in [-0.2, -0.15) is 11.8 Å². The maximum atomic E-state index is 5.34. The van der Waals surface area contributed by atoms with E-state index in [0.717, 1.165) is 25.5 Å². The van der Waals surface area contributed by atoms with Crippen LogP contribution in [0.1, 0.15) is 24.1 Å². The first-order chi connectivity index (χ1) is 7.92. The molecule has 0 aliphatic carbocycles. The molecule has 3 heteroatoms. The Balaban J connectivity index is 1.91. The molecule has 0 saturated carbocycles. The standard InChI is InChI=1S/C13H19NOS/c1-2-15-8-7-14-13-10-16-9-11-5-3-4-6-12(11)13/h3-6,13-14H,2,7-10H2,1H3. The van der Waals surface area contributed by atoms with E-state index in [0.29, 0.717) is 6.04 Å². The highest BCUT2D eigenvalue weighted by Gasteiger charge is 2.18. The van der Waals surface area contributed by atoms with Gasteiger partial charge >= 0.3 is 0 Å². The third-order valence-corrected chi connectivity index (χ3v) is 3.90. The number of hydrogen-bond donors (Lipinski definition) is 1. The topological polar surface area (TPSA) is 21.3 Å². The van der Waals surface area contributed by atoms with Crippen molar-refractivity contribution in [3.8, 4) is 0 Å². The van der Waals surface area contributed by atoms with Gasteiger partial charge in [0.2, 0.25) is 0 Å². The molecule has 1 aromatic rings. The highest BCUT2D eigenvalue weighted by molar-refractivity contribution is 7.98. The lowest BCUT2D eigenvalue weighted by Crippen LogP contribution is -2.29. The normalized spacial score (nSPS) is 19.4. The molecular formula is C13H19NOS. The van der Waals surface area contributed by atoms with E-state index in [9.17, 15) is 0 Å². The molecule has 1 N–H and O–H groups in total. The molecule has 0 aromatic heterocycles. The van der Waals surface area contributed by atoms with Gasteiger partial charge in [0.1, 0.15) is 0 Å². The number of nitrogens with one attached hydrogen (secondary N) is 1. The van der Waals surface area contributed by atoms with Gasteiger partial charge in [-0.1, -0.05) is 24.3 Å². The van der Waals surface area contributed by atoms with Gasteiger partial charge in [0.25, 0.3) is 0 Å². The van der Waals surface area contributed by atoms with Crippen LogP contribution in [0.25, 0.3) is 0 Å². The Morgan fingerprint density at radius 1 is 1.44 bits per heavy atom. The first-order valence-electron chi connectivity index (χ1n) is 5.88. The Bertz CT molecular complexity index is 329. The fourth-order valence-corrected chi connectivity index (χ4v) is 3.13. The van der Waals surface area contributed by atoms with E-state index in [4.69, 9.17) is 4.74 Å². The monoisotopic (exact) mass is 237 g/mol. The molecule has 0 spiro atoms. The molecule has 0 fully saturated rings. The Kier molecular flexibility index (Phi) is 4.69. The summed E-state index contributed by atoms with van der Waals surface area (Å²) in [6.07, 6.45) is 0. The predicted octanol–water partition coefficient (Wildman–Crippen LogP) is 2.60. The van der Waals surface area contributed by atoms with Gasteiger partial charge in [0, 0.05) is 30.7 Å². The summed E-state index contributed by atoms with van der Waals surface area (Å²) in [5.41, 5.74) is 2.95. The van der Waals surface area contributed by atoms with Crippen LogP contribution < -0.4 is 5.32 Å². The Morgan fingerprint density at radius 3 is 3.19 bits per heavy atom. The molecule has 2 nitrogen and oxygen atoms in total. The number of thioether (sulfide) groups is 1. The zero-order valence-electron chi connectivity index (χ0n) is 9.74. The molecule has 0 amide bonds. The minimum absolute atomic E-state index is 0.496.